The Balaban J connectivity index is 2.00. The standard InChI is InChI=1S/C17H24FN3/c1-2-11-21-14-8-6-7-13(18)16(14)20-15(21)12-17(19)9-4-3-5-10-17/h6-8H,2-5,9-12,19H2,1H3. The van der Waals surface area contributed by atoms with E-state index in [1.54, 1.807) is 6.07 Å². The molecule has 0 saturated heterocycles. The molecular formula is C17H24FN3. The molecule has 1 aliphatic carbocycles. The molecule has 1 saturated carbocycles. The number of nitrogens with zero attached hydrogens (tertiary/aromatic N) is 2. The number of halogens is 1. The normalized spacial score (nSPS) is 18.2. The molecule has 3 rings (SSSR count). The van der Waals surface area contributed by atoms with Crippen LogP contribution in [0.15, 0.2) is 18.2 Å². The van der Waals surface area contributed by atoms with Crippen LogP contribution < -0.4 is 5.73 Å². The van der Waals surface area contributed by atoms with E-state index in [-0.39, 0.29) is 11.4 Å². The highest BCUT2D eigenvalue weighted by Crippen LogP contribution is 2.30. The number of para-hydroxylation sites is 1. The lowest BCUT2D eigenvalue weighted by atomic mass is 9.80. The average molecular weight is 289 g/mol. The Bertz CT molecular complexity index is 626. The minimum absolute atomic E-state index is 0.165. The number of benzene rings is 1. The zero-order valence-corrected chi connectivity index (χ0v) is 12.7. The van der Waals surface area contributed by atoms with Crippen molar-refractivity contribution in [1.29, 1.82) is 0 Å². The van der Waals surface area contributed by atoms with Crippen LogP contribution in [0.25, 0.3) is 11.0 Å². The monoisotopic (exact) mass is 289 g/mol. The van der Waals surface area contributed by atoms with Gasteiger partial charge in [-0.15, -0.1) is 0 Å². The minimum atomic E-state index is -0.238. The summed E-state index contributed by atoms with van der Waals surface area (Å²) in [4.78, 5) is 4.58. The summed E-state index contributed by atoms with van der Waals surface area (Å²) in [5.41, 5.74) is 7.78. The van der Waals surface area contributed by atoms with E-state index in [2.05, 4.69) is 16.5 Å². The molecule has 1 aromatic carbocycles. The molecule has 1 fully saturated rings. The van der Waals surface area contributed by atoms with Crippen molar-refractivity contribution >= 4 is 11.0 Å². The van der Waals surface area contributed by atoms with Crippen molar-refractivity contribution in [1.82, 2.24) is 9.55 Å². The highest BCUT2D eigenvalue weighted by atomic mass is 19.1. The van der Waals surface area contributed by atoms with E-state index in [0.717, 1.165) is 43.6 Å². The molecule has 0 spiro atoms. The van der Waals surface area contributed by atoms with Crippen LogP contribution in [0.4, 0.5) is 4.39 Å². The first-order valence-electron chi connectivity index (χ1n) is 8.05. The lowest BCUT2D eigenvalue weighted by molar-refractivity contribution is 0.287. The summed E-state index contributed by atoms with van der Waals surface area (Å²) < 4.78 is 16.1. The summed E-state index contributed by atoms with van der Waals surface area (Å²) in [5.74, 6) is 0.708. The SMILES string of the molecule is CCCn1c(CC2(N)CCCCC2)nc2c(F)cccc21. The van der Waals surface area contributed by atoms with E-state index in [1.807, 2.05) is 6.07 Å². The fraction of sp³-hybridized carbons (Fsp3) is 0.588. The van der Waals surface area contributed by atoms with Gasteiger partial charge in [0.1, 0.15) is 11.3 Å². The summed E-state index contributed by atoms with van der Waals surface area (Å²) in [6.07, 6.45) is 7.51. The van der Waals surface area contributed by atoms with Crippen LogP contribution in [-0.4, -0.2) is 15.1 Å². The van der Waals surface area contributed by atoms with Crippen LogP contribution in [0.1, 0.15) is 51.3 Å². The molecule has 3 nitrogen and oxygen atoms in total. The molecule has 0 unspecified atom stereocenters. The number of hydrogen-bond acceptors (Lipinski definition) is 2. The molecule has 1 aromatic heterocycles. The van der Waals surface area contributed by atoms with Crippen LogP contribution in [0, 0.1) is 5.82 Å². The number of aryl methyl sites for hydroxylation is 1. The zero-order chi connectivity index (χ0) is 14.9. The fourth-order valence-corrected chi connectivity index (χ4v) is 3.52. The van der Waals surface area contributed by atoms with Crippen molar-refractivity contribution in [2.24, 2.45) is 5.73 Å². The third-order valence-electron chi connectivity index (χ3n) is 4.62. The van der Waals surface area contributed by atoms with Crippen LogP contribution in [0.5, 0.6) is 0 Å². The molecule has 0 radical (unpaired) electrons. The Morgan fingerprint density at radius 1 is 1.29 bits per heavy atom. The van der Waals surface area contributed by atoms with Crippen molar-refractivity contribution in [3.05, 3.63) is 29.8 Å². The van der Waals surface area contributed by atoms with Crippen LogP contribution in [-0.2, 0) is 13.0 Å². The van der Waals surface area contributed by atoms with Crippen molar-refractivity contribution in [3.8, 4) is 0 Å². The quantitative estimate of drug-likeness (QED) is 0.930. The highest BCUT2D eigenvalue weighted by Gasteiger charge is 2.30. The van der Waals surface area contributed by atoms with Gasteiger partial charge in [-0.1, -0.05) is 32.3 Å². The highest BCUT2D eigenvalue weighted by molar-refractivity contribution is 5.76. The van der Waals surface area contributed by atoms with Crippen molar-refractivity contribution in [2.75, 3.05) is 0 Å². The Kier molecular flexibility index (Phi) is 3.98. The van der Waals surface area contributed by atoms with Crippen LogP contribution in [0.2, 0.25) is 0 Å². The third kappa shape index (κ3) is 2.82. The van der Waals surface area contributed by atoms with Crippen LogP contribution >= 0.6 is 0 Å². The predicted molar refractivity (Wildman–Crippen MR) is 83.7 cm³/mol. The summed E-state index contributed by atoms with van der Waals surface area (Å²) in [7, 11) is 0. The fourth-order valence-electron chi connectivity index (χ4n) is 3.52. The summed E-state index contributed by atoms with van der Waals surface area (Å²) >= 11 is 0. The summed E-state index contributed by atoms with van der Waals surface area (Å²) in [6.45, 7) is 3.00. The van der Waals surface area contributed by atoms with Crippen LogP contribution in [0.3, 0.4) is 0 Å². The number of imidazole rings is 1. The Labute approximate surface area is 125 Å². The molecule has 4 heteroatoms. The molecule has 0 bridgehead atoms. The van der Waals surface area contributed by atoms with Gasteiger partial charge in [0.05, 0.1) is 5.52 Å². The predicted octanol–water partition coefficient (Wildman–Crippen LogP) is 3.79. The maximum Gasteiger partial charge on any atom is 0.151 e. The van der Waals surface area contributed by atoms with E-state index in [4.69, 9.17) is 5.73 Å². The summed E-state index contributed by atoms with van der Waals surface area (Å²) in [5, 5.41) is 0. The molecule has 0 atom stereocenters. The van der Waals surface area contributed by atoms with Gasteiger partial charge >= 0.3 is 0 Å². The van der Waals surface area contributed by atoms with E-state index in [9.17, 15) is 4.39 Å². The van der Waals surface area contributed by atoms with E-state index < -0.39 is 0 Å². The van der Waals surface area contributed by atoms with Gasteiger partial charge in [-0.3, -0.25) is 0 Å². The maximum atomic E-state index is 14.0. The molecule has 21 heavy (non-hydrogen) atoms. The lowest BCUT2D eigenvalue weighted by Gasteiger charge is -2.33. The van der Waals surface area contributed by atoms with Gasteiger partial charge in [0.15, 0.2) is 5.82 Å². The third-order valence-corrected chi connectivity index (χ3v) is 4.62. The van der Waals surface area contributed by atoms with Crippen molar-refractivity contribution in [3.63, 3.8) is 0 Å². The van der Waals surface area contributed by atoms with E-state index >= 15 is 0 Å². The molecular weight excluding hydrogens is 265 g/mol. The van der Waals surface area contributed by atoms with Gasteiger partial charge in [0, 0.05) is 18.5 Å². The zero-order valence-electron chi connectivity index (χ0n) is 12.7. The number of rotatable bonds is 4. The first kappa shape index (κ1) is 14.5. The molecule has 114 valence electrons. The molecule has 2 aromatic rings. The first-order chi connectivity index (χ1) is 10.1. The van der Waals surface area contributed by atoms with Gasteiger partial charge in [0.25, 0.3) is 0 Å². The van der Waals surface area contributed by atoms with Gasteiger partial charge in [0.2, 0.25) is 0 Å². The number of nitrogens with two attached hydrogens (primary N) is 1. The van der Waals surface area contributed by atoms with Gasteiger partial charge in [-0.05, 0) is 31.4 Å². The van der Waals surface area contributed by atoms with Crippen molar-refractivity contribution in [2.45, 2.75) is 64.0 Å². The maximum absolute atomic E-state index is 14.0. The van der Waals surface area contributed by atoms with Crippen molar-refractivity contribution < 1.29 is 4.39 Å². The largest absolute Gasteiger partial charge is 0.328 e. The lowest BCUT2D eigenvalue weighted by Crippen LogP contribution is -2.44. The summed E-state index contributed by atoms with van der Waals surface area (Å²) in [6, 6.07) is 5.19. The number of hydrogen-bond donors (Lipinski definition) is 1. The Morgan fingerprint density at radius 2 is 2.05 bits per heavy atom. The molecule has 0 aliphatic heterocycles. The smallest absolute Gasteiger partial charge is 0.151 e. The van der Waals surface area contributed by atoms with Gasteiger partial charge in [-0.2, -0.15) is 0 Å². The molecule has 2 N–H and O–H groups in total. The molecule has 0 amide bonds. The van der Waals surface area contributed by atoms with Gasteiger partial charge < -0.3 is 10.3 Å². The average Bonchev–Trinajstić information content (AvgIpc) is 2.79. The molecule has 1 aliphatic rings. The second kappa shape index (κ2) is 5.76. The Morgan fingerprint density at radius 3 is 2.76 bits per heavy atom. The second-order valence-electron chi connectivity index (χ2n) is 6.39. The second-order valence-corrected chi connectivity index (χ2v) is 6.39. The number of aromatic nitrogens is 2. The first-order valence-corrected chi connectivity index (χ1v) is 8.05. The van der Waals surface area contributed by atoms with E-state index in [0.29, 0.717) is 5.52 Å². The number of fused-ring (bicyclic) bond motifs is 1. The van der Waals surface area contributed by atoms with Gasteiger partial charge in [-0.25, -0.2) is 9.37 Å². The minimum Gasteiger partial charge on any atom is -0.328 e. The Hall–Kier alpha value is -1.42. The molecule has 1 heterocycles. The van der Waals surface area contributed by atoms with E-state index in [1.165, 1.54) is 25.3 Å². The topological polar surface area (TPSA) is 43.8 Å².